The van der Waals surface area contributed by atoms with Crippen LogP contribution >= 0.6 is 0 Å². The summed E-state index contributed by atoms with van der Waals surface area (Å²) in [6.45, 7) is 0. The van der Waals surface area contributed by atoms with Crippen LogP contribution in [0.15, 0.2) is 91.0 Å². The second-order valence-electron chi connectivity index (χ2n) is 8.05. The summed E-state index contributed by atoms with van der Waals surface area (Å²) in [4.78, 5) is 37.9. The highest BCUT2D eigenvalue weighted by molar-refractivity contribution is 5.92. The molecule has 35 heavy (non-hydrogen) atoms. The summed E-state index contributed by atoms with van der Waals surface area (Å²) in [5, 5.41) is 19.1. The molecule has 1 fully saturated rings. The van der Waals surface area contributed by atoms with E-state index in [-0.39, 0.29) is 17.5 Å². The Kier molecular flexibility index (Phi) is 7.03. The van der Waals surface area contributed by atoms with Crippen LogP contribution in [0.25, 0.3) is 0 Å². The van der Waals surface area contributed by atoms with Crippen molar-refractivity contribution < 1.29 is 33.7 Å². The van der Waals surface area contributed by atoms with Gasteiger partial charge in [-0.05, 0) is 36.4 Å². The van der Waals surface area contributed by atoms with Crippen molar-refractivity contribution in [3.05, 3.63) is 108 Å². The number of ether oxygens (including phenoxy) is 3. The molecule has 3 aromatic carbocycles. The molecule has 0 spiro atoms. The van der Waals surface area contributed by atoms with Gasteiger partial charge >= 0.3 is 17.9 Å². The van der Waals surface area contributed by atoms with Gasteiger partial charge in [0.1, 0.15) is 11.7 Å². The van der Waals surface area contributed by atoms with E-state index < -0.39 is 41.8 Å². The van der Waals surface area contributed by atoms with E-state index in [1.54, 1.807) is 66.7 Å². The maximum atomic E-state index is 12.8. The summed E-state index contributed by atoms with van der Waals surface area (Å²) in [5.41, 5.74) is -1.13. The summed E-state index contributed by atoms with van der Waals surface area (Å²) in [5.74, 6) is -2.21. The third-order valence-corrected chi connectivity index (χ3v) is 5.62. The van der Waals surface area contributed by atoms with E-state index in [1.807, 2.05) is 0 Å². The first-order valence-electron chi connectivity index (χ1n) is 10.9. The minimum absolute atomic E-state index is 0.0640. The monoisotopic (exact) mass is 473 g/mol. The molecular weight excluding hydrogens is 450 g/mol. The molecule has 0 aromatic heterocycles. The van der Waals surface area contributed by atoms with Gasteiger partial charge in [-0.1, -0.05) is 54.6 Å². The zero-order valence-corrected chi connectivity index (χ0v) is 18.6. The highest BCUT2D eigenvalue weighted by Gasteiger charge is 2.65. The SMILES string of the molecule is N=C[C@H](OC(=O)c1ccccc1)[C@H](OC(=O)c1ccccc1)[C@@]1(O)CC1OC(=O)c1ccccc1. The number of aliphatic hydroxyl groups is 1. The molecule has 1 saturated carbocycles. The molecule has 8 heteroatoms. The lowest BCUT2D eigenvalue weighted by molar-refractivity contribution is -0.0876. The summed E-state index contributed by atoms with van der Waals surface area (Å²) >= 11 is 0. The van der Waals surface area contributed by atoms with Gasteiger partial charge in [-0.25, -0.2) is 14.4 Å². The zero-order chi connectivity index (χ0) is 24.8. The number of nitrogens with one attached hydrogen (secondary N) is 1. The summed E-state index contributed by atoms with van der Waals surface area (Å²) in [6.07, 6.45) is -3.24. The fourth-order valence-corrected chi connectivity index (χ4v) is 3.61. The average Bonchev–Trinajstić information content (AvgIpc) is 3.56. The Labute approximate surface area is 201 Å². The van der Waals surface area contributed by atoms with Crippen molar-refractivity contribution in [3.8, 4) is 0 Å². The van der Waals surface area contributed by atoms with Gasteiger partial charge < -0.3 is 24.7 Å². The number of esters is 3. The maximum Gasteiger partial charge on any atom is 0.338 e. The predicted octanol–water partition coefficient (Wildman–Crippen LogP) is 3.45. The molecule has 0 radical (unpaired) electrons. The smallest absolute Gasteiger partial charge is 0.338 e. The van der Waals surface area contributed by atoms with Gasteiger partial charge in [0.15, 0.2) is 12.2 Å². The minimum atomic E-state index is -1.85. The Bertz CT molecular complexity index is 1200. The van der Waals surface area contributed by atoms with Gasteiger partial charge in [0, 0.05) is 12.6 Å². The molecule has 0 heterocycles. The van der Waals surface area contributed by atoms with Crippen LogP contribution in [0.3, 0.4) is 0 Å². The van der Waals surface area contributed by atoms with Crippen molar-refractivity contribution in [1.82, 2.24) is 0 Å². The number of hydrogen-bond acceptors (Lipinski definition) is 8. The Morgan fingerprint density at radius 1 is 0.771 bits per heavy atom. The molecule has 8 nitrogen and oxygen atoms in total. The van der Waals surface area contributed by atoms with Gasteiger partial charge in [0.05, 0.1) is 16.7 Å². The van der Waals surface area contributed by atoms with E-state index in [0.717, 1.165) is 6.21 Å². The maximum absolute atomic E-state index is 12.8. The van der Waals surface area contributed by atoms with Crippen molar-refractivity contribution in [2.24, 2.45) is 0 Å². The van der Waals surface area contributed by atoms with Gasteiger partial charge in [-0.3, -0.25) is 0 Å². The molecule has 1 aliphatic carbocycles. The summed E-state index contributed by atoms with van der Waals surface area (Å²) < 4.78 is 16.4. The van der Waals surface area contributed by atoms with Crippen molar-refractivity contribution in [2.75, 3.05) is 0 Å². The van der Waals surface area contributed by atoms with E-state index in [2.05, 4.69) is 0 Å². The van der Waals surface area contributed by atoms with Crippen LogP contribution < -0.4 is 0 Å². The number of rotatable bonds is 9. The molecule has 4 rings (SSSR count). The molecule has 0 amide bonds. The lowest BCUT2D eigenvalue weighted by atomic mass is 10.1. The van der Waals surface area contributed by atoms with Crippen molar-refractivity contribution in [1.29, 1.82) is 5.41 Å². The Hall–Kier alpha value is -4.30. The standard InChI is InChI=1S/C27H23NO7/c28-17-21(33-24(29)18-10-4-1-5-11-18)23(35-26(31)20-14-8-3-9-15-20)27(32)16-22(27)34-25(30)19-12-6-2-7-13-19/h1-15,17,21-23,28,32H,16H2/t21-,22?,23-,27+/m0/s1. The molecule has 0 bridgehead atoms. The zero-order valence-electron chi connectivity index (χ0n) is 18.6. The largest absolute Gasteiger partial charge is 0.455 e. The first-order chi connectivity index (χ1) is 16.9. The molecule has 0 saturated heterocycles. The van der Waals surface area contributed by atoms with Crippen LogP contribution in [-0.4, -0.2) is 53.1 Å². The fraction of sp³-hybridized carbons (Fsp3) is 0.185. The van der Waals surface area contributed by atoms with Crippen LogP contribution in [0.5, 0.6) is 0 Å². The van der Waals surface area contributed by atoms with Gasteiger partial charge in [0.25, 0.3) is 0 Å². The number of carbonyl (C=O) groups excluding carboxylic acids is 3. The van der Waals surface area contributed by atoms with E-state index in [0.29, 0.717) is 5.56 Å². The molecule has 1 unspecified atom stereocenters. The molecular formula is C27H23NO7. The molecule has 2 N–H and O–H groups in total. The summed E-state index contributed by atoms with van der Waals surface area (Å²) in [7, 11) is 0. The Morgan fingerprint density at radius 3 is 1.66 bits per heavy atom. The predicted molar refractivity (Wildman–Crippen MR) is 125 cm³/mol. The fourth-order valence-electron chi connectivity index (χ4n) is 3.61. The summed E-state index contributed by atoms with van der Waals surface area (Å²) in [6, 6.07) is 24.4. The highest BCUT2D eigenvalue weighted by Crippen LogP contribution is 2.45. The second-order valence-corrected chi connectivity index (χ2v) is 8.05. The highest BCUT2D eigenvalue weighted by atomic mass is 16.6. The van der Waals surface area contributed by atoms with E-state index in [1.165, 1.54) is 24.3 Å². The van der Waals surface area contributed by atoms with E-state index in [9.17, 15) is 19.5 Å². The normalized spacial score (nSPS) is 20.1. The Balaban J connectivity index is 1.56. The van der Waals surface area contributed by atoms with Gasteiger partial charge in [-0.2, -0.15) is 0 Å². The minimum Gasteiger partial charge on any atom is -0.455 e. The van der Waals surface area contributed by atoms with E-state index >= 15 is 0 Å². The van der Waals surface area contributed by atoms with Crippen LogP contribution in [0.4, 0.5) is 0 Å². The third kappa shape index (κ3) is 5.44. The average molecular weight is 473 g/mol. The number of carbonyl (C=O) groups is 3. The number of hydrogen-bond donors (Lipinski definition) is 2. The topological polar surface area (TPSA) is 123 Å². The third-order valence-electron chi connectivity index (χ3n) is 5.62. The second kappa shape index (κ2) is 10.3. The first-order valence-corrected chi connectivity index (χ1v) is 10.9. The molecule has 3 aromatic rings. The van der Waals surface area contributed by atoms with Crippen molar-refractivity contribution >= 4 is 24.1 Å². The lowest BCUT2D eigenvalue weighted by Crippen LogP contribution is -2.48. The number of benzene rings is 3. The lowest BCUT2D eigenvalue weighted by Gasteiger charge is -2.28. The van der Waals surface area contributed by atoms with Crippen molar-refractivity contribution in [3.63, 3.8) is 0 Å². The van der Waals surface area contributed by atoms with Gasteiger partial charge in [-0.15, -0.1) is 0 Å². The van der Waals surface area contributed by atoms with Crippen LogP contribution in [0, 0.1) is 5.41 Å². The first kappa shape index (κ1) is 23.8. The molecule has 4 atom stereocenters. The van der Waals surface area contributed by atoms with Crippen LogP contribution in [0.1, 0.15) is 37.5 Å². The quantitative estimate of drug-likeness (QED) is 0.277. The van der Waals surface area contributed by atoms with Crippen molar-refractivity contribution in [2.45, 2.75) is 30.3 Å². The van der Waals surface area contributed by atoms with Gasteiger partial charge in [0.2, 0.25) is 0 Å². The van der Waals surface area contributed by atoms with Crippen LogP contribution in [-0.2, 0) is 14.2 Å². The molecule has 1 aliphatic rings. The molecule has 0 aliphatic heterocycles. The van der Waals surface area contributed by atoms with Crippen LogP contribution in [0.2, 0.25) is 0 Å². The van der Waals surface area contributed by atoms with E-state index in [4.69, 9.17) is 19.6 Å². The molecule has 178 valence electrons. The Morgan fingerprint density at radius 2 is 1.20 bits per heavy atom.